The van der Waals surface area contributed by atoms with Gasteiger partial charge in [-0.2, -0.15) is 13.2 Å². The monoisotopic (exact) mass is 623 g/mol. The minimum absolute atomic E-state index is 0.0377. The van der Waals surface area contributed by atoms with Gasteiger partial charge in [0.15, 0.2) is 5.43 Å². The Kier molecular flexibility index (Phi) is 8.29. The number of halogens is 4. The molecular weight excluding hydrogens is 590 g/mol. The van der Waals surface area contributed by atoms with Gasteiger partial charge in [-0.05, 0) is 58.9 Å². The molecule has 0 radical (unpaired) electrons. The van der Waals surface area contributed by atoms with Gasteiger partial charge in [-0.3, -0.25) is 4.79 Å². The molecule has 0 aliphatic heterocycles. The molecule has 6 nitrogen and oxygen atoms in total. The SMILES string of the molecule is CC(C)(C)C(Oc1ccc(-c2coc3cc(OCc4coc(-c5cc(F)cc(C(F)(F)F)c5)n4)ccc3c2=O)cc1)C(C)(C)C. The van der Waals surface area contributed by atoms with Crippen LogP contribution < -0.4 is 14.9 Å². The molecule has 0 bridgehead atoms. The summed E-state index contributed by atoms with van der Waals surface area (Å²) < 4.78 is 76.2. The van der Waals surface area contributed by atoms with Crippen LogP contribution in [-0.4, -0.2) is 11.1 Å². The zero-order valence-electron chi connectivity index (χ0n) is 25.7. The second kappa shape index (κ2) is 11.7. The Morgan fingerprint density at radius 2 is 1.47 bits per heavy atom. The Bertz CT molecular complexity index is 1860. The van der Waals surface area contributed by atoms with E-state index in [1.54, 1.807) is 18.2 Å². The molecule has 0 N–H and O–H groups in total. The summed E-state index contributed by atoms with van der Waals surface area (Å²) in [6, 6.07) is 14.2. The van der Waals surface area contributed by atoms with Crippen molar-refractivity contribution in [1.29, 1.82) is 0 Å². The van der Waals surface area contributed by atoms with Crippen molar-refractivity contribution in [3.05, 3.63) is 100 Å². The standard InChI is InChI=1S/C35H33F4NO5/c1-33(2,3)32(34(4,5)6)45-25-9-7-20(8-10-25)28-19-43-29-16-26(11-12-27(29)30(28)41)42-17-24-18-44-31(40-24)21-13-22(35(37,38)39)15-23(36)14-21/h7-16,18-19,32H,17H2,1-6H3. The minimum atomic E-state index is -4.72. The number of oxazole rings is 1. The minimum Gasteiger partial charge on any atom is -0.489 e. The molecule has 5 rings (SSSR count). The van der Waals surface area contributed by atoms with Gasteiger partial charge in [0.1, 0.15) is 53.8 Å². The second-order valence-corrected chi connectivity index (χ2v) is 13.0. The number of nitrogens with zero attached hydrogens (tertiary/aromatic N) is 1. The van der Waals surface area contributed by atoms with Gasteiger partial charge in [0, 0.05) is 11.6 Å². The number of hydrogen-bond acceptors (Lipinski definition) is 6. The third-order valence-electron chi connectivity index (χ3n) is 7.15. The van der Waals surface area contributed by atoms with E-state index in [0.29, 0.717) is 39.7 Å². The predicted molar refractivity (Wildman–Crippen MR) is 162 cm³/mol. The predicted octanol–water partition coefficient (Wildman–Crippen LogP) is 9.69. The Morgan fingerprint density at radius 3 is 2.11 bits per heavy atom. The van der Waals surface area contributed by atoms with E-state index in [9.17, 15) is 22.4 Å². The van der Waals surface area contributed by atoms with Crippen LogP contribution in [-0.2, 0) is 12.8 Å². The van der Waals surface area contributed by atoms with Crippen molar-refractivity contribution >= 4 is 11.0 Å². The van der Waals surface area contributed by atoms with Crippen LogP contribution in [0.1, 0.15) is 52.8 Å². The first-order valence-corrected chi connectivity index (χ1v) is 14.3. The Morgan fingerprint density at radius 1 is 0.800 bits per heavy atom. The second-order valence-electron chi connectivity index (χ2n) is 13.0. The van der Waals surface area contributed by atoms with Crippen LogP contribution in [0.3, 0.4) is 0 Å². The lowest BCUT2D eigenvalue weighted by molar-refractivity contribution is -0.137. The van der Waals surface area contributed by atoms with Crippen LogP contribution in [0.5, 0.6) is 11.5 Å². The van der Waals surface area contributed by atoms with Crippen molar-refractivity contribution in [2.24, 2.45) is 10.8 Å². The van der Waals surface area contributed by atoms with Gasteiger partial charge < -0.3 is 18.3 Å². The largest absolute Gasteiger partial charge is 0.489 e. The lowest BCUT2D eigenvalue weighted by Gasteiger charge is -2.40. The summed E-state index contributed by atoms with van der Waals surface area (Å²) in [6.45, 7) is 12.8. The van der Waals surface area contributed by atoms with Crippen molar-refractivity contribution in [3.8, 4) is 34.1 Å². The molecule has 45 heavy (non-hydrogen) atoms. The van der Waals surface area contributed by atoms with Crippen LogP contribution in [0.4, 0.5) is 17.6 Å². The summed E-state index contributed by atoms with van der Waals surface area (Å²) in [4.78, 5) is 17.5. The van der Waals surface area contributed by atoms with Crippen LogP contribution in [0.2, 0.25) is 0 Å². The van der Waals surface area contributed by atoms with Gasteiger partial charge in [0.05, 0.1) is 16.5 Å². The summed E-state index contributed by atoms with van der Waals surface area (Å²) in [5.41, 5.74) is -0.0237. The summed E-state index contributed by atoms with van der Waals surface area (Å²) in [5, 5.41) is 0.357. The van der Waals surface area contributed by atoms with E-state index >= 15 is 0 Å². The average molecular weight is 624 g/mol. The van der Waals surface area contributed by atoms with E-state index in [1.165, 1.54) is 12.5 Å². The van der Waals surface area contributed by atoms with Crippen LogP contribution in [0.15, 0.2) is 86.8 Å². The molecule has 10 heteroatoms. The Hall–Kier alpha value is -4.60. The van der Waals surface area contributed by atoms with Crippen molar-refractivity contribution < 1.29 is 35.9 Å². The highest BCUT2D eigenvalue weighted by Gasteiger charge is 2.37. The highest BCUT2D eigenvalue weighted by Crippen LogP contribution is 2.37. The van der Waals surface area contributed by atoms with Gasteiger partial charge in [0.25, 0.3) is 0 Å². The zero-order valence-corrected chi connectivity index (χ0v) is 25.7. The fraction of sp³-hybridized carbons (Fsp3) is 0.314. The summed E-state index contributed by atoms with van der Waals surface area (Å²) in [7, 11) is 0. The van der Waals surface area contributed by atoms with Crippen molar-refractivity contribution in [2.45, 2.75) is 60.4 Å². The molecule has 0 fully saturated rings. The number of rotatable bonds is 7. The van der Waals surface area contributed by atoms with Gasteiger partial charge >= 0.3 is 6.18 Å². The van der Waals surface area contributed by atoms with Crippen LogP contribution in [0.25, 0.3) is 33.6 Å². The molecule has 0 saturated heterocycles. The first kappa shape index (κ1) is 31.8. The lowest BCUT2D eigenvalue weighted by atomic mass is 9.74. The molecule has 0 saturated carbocycles. The summed E-state index contributed by atoms with van der Waals surface area (Å²) in [5.74, 6) is -0.171. The van der Waals surface area contributed by atoms with E-state index in [2.05, 4.69) is 46.5 Å². The molecule has 0 spiro atoms. The smallest absolute Gasteiger partial charge is 0.416 e. The number of ether oxygens (including phenoxy) is 2. The van der Waals surface area contributed by atoms with Crippen LogP contribution >= 0.6 is 0 Å². The topological polar surface area (TPSA) is 74.7 Å². The van der Waals surface area contributed by atoms with Gasteiger partial charge in [-0.25, -0.2) is 9.37 Å². The molecule has 2 heterocycles. The third kappa shape index (κ3) is 7.21. The lowest BCUT2D eigenvalue weighted by Crippen LogP contribution is -2.42. The Labute approximate surface area is 257 Å². The fourth-order valence-electron chi connectivity index (χ4n) is 5.44. The number of hydrogen-bond donors (Lipinski definition) is 0. The maximum absolute atomic E-state index is 13.8. The van der Waals surface area contributed by atoms with Crippen molar-refractivity contribution in [3.63, 3.8) is 0 Å². The molecule has 236 valence electrons. The third-order valence-corrected chi connectivity index (χ3v) is 7.15. The first-order valence-electron chi connectivity index (χ1n) is 14.3. The molecule has 0 aliphatic rings. The van der Waals surface area contributed by atoms with Gasteiger partial charge in [-0.15, -0.1) is 0 Å². The number of benzene rings is 3. The summed E-state index contributed by atoms with van der Waals surface area (Å²) >= 11 is 0. The van der Waals surface area contributed by atoms with Crippen LogP contribution in [0, 0.1) is 16.6 Å². The van der Waals surface area contributed by atoms with Crippen molar-refractivity contribution in [2.75, 3.05) is 0 Å². The summed E-state index contributed by atoms with van der Waals surface area (Å²) in [6.07, 6.45) is -2.15. The van der Waals surface area contributed by atoms with E-state index in [0.717, 1.165) is 12.1 Å². The van der Waals surface area contributed by atoms with E-state index < -0.39 is 17.6 Å². The molecular formula is C35H33F4NO5. The molecule has 5 aromatic rings. The molecule has 0 unspecified atom stereocenters. The highest BCUT2D eigenvalue weighted by atomic mass is 19.4. The molecule has 0 atom stereocenters. The normalized spacial score (nSPS) is 12.6. The first-order chi connectivity index (χ1) is 21.0. The Balaban J connectivity index is 1.30. The van der Waals surface area contributed by atoms with E-state index in [-0.39, 0.29) is 46.1 Å². The number of aromatic nitrogens is 1. The quantitative estimate of drug-likeness (QED) is 0.168. The molecule has 0 amide bonds. The molecule has 0 aliphatic carbocycles. The highest BCUT2D eigenvalue weighted by molar-refractivity contribution is 5.82. The average Bonchev–Trinajstić information content (AvgIpc) is 3.43. The van der Waals surface area contributed by atoms with Gasteiger partial charge in [0.2, 0.25) is 5.89 Å². The van der Waals surface area contributed by atoms with Crippen molar-refractivity contribution in [1.82, 2.24) is 4.98 Å². The van der Waals surface area contributed by atoms with E-state index in [4.69, 9.17) is 18.3 Å². The number of fused-ring (bicyclic) bond motifs is 1. The number of alkyl halides is 3. The molecule has 3 aromatic carbocycles. The zero-order chi connectivity index (χ0) is 32.7. The fourth-order valence-corrected chi connectivity index (χ4v) is 5.44. The maximum Gasteiger partial charge on any atom is 0.416 e. The maximum atomic E-state index is 13.8. The van der Waals surface area contributed by atoms with Gasteiger partial charge in [-0.1, -0.05) is 53.7 Å². The van der Waals surface area contributed by atoms with E-state index in [1.807, 2.05) is 24.3 Å². The molecule has 2 aromatic heterocycles.